The van der Waals surface area contributed by atoms with Crippen molar-refractivity contribution in [1.82, 2.24) is 0 Å². The standard InChI is InChI=1S/C6H14O2.C2H4O2/c1-7-5-3-4-6-8-2;1-2(3)4/h3-6H2,1-2H3;1H3,(H,3,4). The van der Waals surface area contributed by atoms with Crippen molar-refractivity contribution in [3.8, 4) is 0 Å². The number of hydrogen-bond donors (Lipinski definition) is 1. The molecule has 0 atom stereocenters. The van der Waals surface area contributed by atoms with Crippen LogP contribution in [0.4, 0.5) is 0 Å². The van der Waals surface area contributed by atoms with E-state index in [2.05, 4.69) is 0 Å². The van der Waals surface area contributed by atoms with E-state index in [0.717, 1.165) is 33.0 Å². The fraction of sp³-hybridized carbons (Fsp3) is 0.875. The summed E-state index contributed by atoms with van der Waals surface area (Å²) in [6, 6.07) is 0. The van der Waals surface area contributed by atoms with Crippen molar-refractivity contribution in [3.63, 3.8) is 0 Å². The molecular formula is C8H18O4. The van der Waals surface area contributed by atoms with Crippen LogP contribution < -0.4 is 0 Å². The van der Waals surface area contributed by atoms with E-state index in [-0.39, 0.29) is 0 Å². The summed E-state index contributed by atoms with van der Waals surface area (Å²) in [6.45, 7) is 2.78. The zero-order valence-electron chi connectivity index (χ0n) is 8.00. The number of carbonyl (C=O) groups is 1. The third-order valence-electron chi connectivity index (χ3n) is 0.947. The van der Waals surface area contributed by atoms with E-state index < -0.39 is 5.97 Å². The molecule has 0 aliphatic rings. The Bertz CT molecular complexity index is 83.1. The van der Waals surface area contributed by atoms with Gasteiger partial charge < -0.3 is 14.6 Å². The fourth-order valence-electron chi connectivity index (χ4n) is 0.493. The molecule has 12 heavy (non-hydrogen) atoms. The average molecular weight is 178 g/mol. The molecule has 0 saturated heterocycles. The first-order valence-corrected chi connectivity index (χ1v) is 3.82. The molecule has 4 nitrogen and oxygen atoms in total. The molecule has 0 saturated carbocycles. The molecule has 0 heterocycles. The number of carboxylic acids is 1. The predicted octanol–water partition coefficient (Wildman–Crippen LogP) is 1.15. The Hall–Kier alpha value is -0.610. The monoisotopic (exact) mass is 178 g/mol. The second kappa shape index (κ2) is 13.0. The molecule has 0 unspecified atom stereocenters. The quantitative estimate of drug-likeness (QED) is 0.641. The van der Waals surface area contributed by atoms with Crippen molar-refractivity contribution in [2.75, 3.05) is 27.4 Å². The minimum absolute atomic E-state index is 0.833. The Morgan fingerprint density at radius 3 is 1.58 bits per heavy atom. The summed E-state index contributed by atoms with van der Waals surface area (Å²) in [7, 11) is 3.43. The summed E-state index contributed by atoms with van der Waals surface area (Å²) >= 11 is 0. The minimum Gasteiger partial charge on any atom is -0.481 e. The van der Waals surface area contributed by atoms with Crippen LogP contribution in [0.1, 0.15) is 19.8 Å². The SMILES string of the molecule is CC(=O)O.COCCCCOC. The number of unbranched alkanes of at least 4 members (excludes halogenated alkanes) is 1. The van der Waals surface area contributed by atoms with Crippen LogP contribution in [0.5, 0.6) is 0 Å². The third kappa shape index (κ3) is 34.3. The summed E-state index contributed by atoms with van der Waals surface area (Å²) in [6.07, 6.45) is 2.20. The molecule has 0 radical (unpaired) electrons. The highest BCUT2D eigenvalue weighted by atomic mass is 16.5. The first-order valence-electron chi connectivity index (χ1n) is 3.82. The third-order valence-corrected chi connectivity index (χ3v) is 0.947. The van der Waals surface area contributed by atoms with Gasteiger partial charge in [-0.15, -0.1) is 0 Å². The zero-order valence-corrected chi connectivity index (χ0v) is 8.00. The summed E-state index contributed by atoms with van der Waals surface area (Å²) in [5, 5.41) is 7.42. The maximum atomic E-state index is 9.00. The Morgan fingerprint density at radius 2 is 1.42 bits per heavy atom. The Kier molecular flexibility index (Phi) is 15.1. The van der Waals surface area contributed by atoms with E-state index in [4.69, 9.17) is 19.4 Å². The summed E-state index contributed by atoms with van der Waals surface area (Å²) < 4.78 is 9.67. The van der Waals surface area contributed by atoms with Crippen LogP contribution in [-0.2, 0) is 14.3 Å². The highest BCUT2D eigenvalue weighted by molar-refractivity contribution is 5.62. The maximum absolute atomic E-state index is 9.00. The van der Waals surface area contributed by atoms with Gasteiger partial charge in [0.15, 0.2) is 0 Å². The largest absolute Gasteiger partial charge is 0.481 e. The normalized spacial score (nSPS) is 8.58. The smallest absolute Gasteiger partial charge is 0.300 e. The number of carboxylic acid groups (broad SMARTS) is 1. The lowest BCUT2D eigenvalue weighted by Crippen LogP contribution is -1.92. The van der Waals surface area contributed by atoms with Gasteiger partial charge in [-0.3, -0.25) is 4.79 Å². The van der Waals surface area contributed by atoms with Crippen LogP contribution in [0.2, 0.25) is 0 Å². The van der Waals surface area contributed by atoms with Crippen LogP contribution in [0.25, 0.3) is 0 Å². The molecule has 0 bridgehead atoms. The topological polar surface area (TPSA) is 55.8 Å². The molecule has 1 N–H and O–H groups in total. The van der Waals surface area contributed by atoms with Crippen LogP contribution in [0, 0.1) is 0 Å². The number of methoxy groups -OCH3 is 2. The van der Waals surface area contributed by atoms with Crippen LogP contribution in [0.15, 0.2) is 0 Å². The van der Waals surface area contributed by atoms with Crippen molar-refractivity contribution < 1.29 is 19.4 Å². The minimum atomic E-state index is -0.833. The molecular weight excluding hydrogens is 160 g/mol. The molecule has 0 amide bonds. The van der Waals surface area contributed by atoms with Gasteiger partial charge in [0.2, 0.25) is 0 Å². The van der Waals surface area contributed by atoms with E-state index in [1.165, 1.54) is 0 Å². The van der Waals surface area contributed by atoms with E-state index in [0.29, 0.717) is 0 Å². The van der Waals surface area contributed by atoms with Crippen LogP contribution in [0.3, 0.4) is 0 Å². The van der Waals surface area contributed by atoms with Crippen LogP contribution in [-0.4, -0.2) is 38.5 Å². The molecule has 4 heteroatoms. The lowest BCUT2D eigenvalue weighted by Gasteiger charge is -1.96. The van der Waals surface area contributed by atoms with Crippen molar-refractivity contribution in [2.24, 2.45) is 0 Å². The summed E-state index contributed by atoms with van der Waals surface area (Å²) in [4.78, 5) is 9.00. The maximum Gasteiger partial charge on any atom is 0.300 e. The number of rotatable bonds is 5. The van der Waals surface area contributed by atoms with Gasteiger partial charge in [0, 0.05) is 34.4 Å². The van der Waals surface area contributed by atoms with Crippen LogP contribution >= 0.6 is 0 Å². The first-order chi connectivity index (χ1) is 5.65. The first kappa shape index (κ1) is 13.9. The summed E-state index contributed by atoms with van der Waals surface area (Å²) in [5.74, 6) is -0.833. The van der Waals surface area contributed by atoms with Gasteiger partial charge in [0.25, 0.3) is 5.97 Å². The lowest BCUT2D eigenvalue weighted by atomic mass is 10.3. The van der Waals surface area contributed by atoms with Gasteiger partial charge in [-0.2, -0.15) is 0 Å². The molecule has 0 aromatic carbocycles. The Labute approximate surface area is 73.5 Å². The molecule has 0 aromatic heterocycles. The van der Waals surface area contributed by atoms with Gasteiger partial charge in [-0.1, -0.05) is 0 Å². The number of ether oxygens (including phenoxy) is 2. The second-order valence-corrected chi connectivity index (χ2v) is 2.21. The van der Waals surface area contributed by atoms with Gasteiger partial charge >= 0.3 is 0 Å². The van der Waals surface area contributed by atoms with E-state index in [1.54, 1.807) is 14.2 Å². The molecule has 0 aliphatic heterocycles. The Balaban J connectivity index is 0. The zero-order chi connectivity index (χ0) is 9.82. The predicted molar refractivity (Wildman–Crippen MR) is 46.3 cm³/mol. The van der Waals surface area contributed by atoms with Gasteiger partial charge in [-0.05, 0) is 12.8 Å². The van der Waals surface area contributed by atoms with Crippen molar-refractivity contribution in [3.05, 3.63) is 0 Å². The molecule has 0 spiro atoms. The molecule has 0 fully saturated rings. The summed E-state index contributed by atoms with van der Waals surface area (Å²) in [5.41, 5.74) is 0. The highest BCUT2D eigenvalue weighted by Crippen LogP contribution is 1.87. The highest BCUT2D eigenvalue weighted by Gasteiger charge is 1.83. The lowest BCUT2D eigenvalue weighted by molar-refractivity contribution is -0.134. The average Bonchev–Trinajstić information content (AvgIpc) is 1.97. The van der Waals surface area contributed by atoms with Crippen molar-refractivity contribution >= 4 is 5.97 Å². The molecule has 0 aromatic rings. The number of aliphatic carboxylic acids is 1. The van der Waals surface area contributed by atoms with Gasteiger partial charge in [0.05, 0.1) is 0 Å². The van der Waals surface area contributed by atoms with E-state index in [1.807, 2.05) is 0 Å². The molecule has 74 valence electrons. The molecule has 0 rings (SSSR count). The van der Waals surface area contributed by atoms with Gasteiger partial charge in [-0.25, -0.2) is 0 Å². The van der Waals surface area contributed by atoms with Gasteiger partial charge in [0.1, 0.15) is 0 Å². The Morgan fingerprint density at radius 1 is 1.17 bits per heavy atom. The van der Waals surface area contributed by atoms with Crippen molar-refractivity contribution in [1.29, 1.82) is 0 Å². The van der Waals surface area contributed by atoms with Crippen molar-refractivity contribution in [2.45, 2.75) is 19.8 Å². The van der Waals surface area contributed by atoms with E-state index in [9.17, 15) is 0 Å². The fourth-order valence-corrected chi connectivity index (χ4v) is 0.493. The molecule has 0 aliphatic carbocycles. The second-order valence-electron chi connectivity index (χ2n) is 2.21. The van der Waals surface area contributed by atoms with E-state index >= 15 is 0 Å². The number of hydrogen-bond acceptors (Lipinski definition) is 3.